The van der Waals surface area contributed by atoms with Gasteiger partial charge in [-0.25, -0.2) is 0 Å². The first-order valence-corrected chi connectivity index (χ1v) is 37.5. The zero-order valence-electron chi connectivity index (χ0n) is 49.7. The van der Waals surface area contributed by atoms with Crippen molar-refractivity contribution in [3.8, 4) is 0 Å². The molecule has 428 valence electrons. The number of hydrogen-bond donors (Lipinski definition) is 1. The second-order valence-electron chi connectivity index (χ2n) is 22.1. The zero-order chi connectivity index (χ0) is 56.9. The number of fused-ring (bicyclic) bond motifs is 4. The van der Waals surface area contributed by atoms with Crippen molar-refractivity contribution in [2.75, 3.05) is 32.7 Å². The van der Waals surface area contributed by atoms with Gasteiger partial charge in [0.1, 0.15) is 0 Å². The summed E-state index contributed by atoms with van der Waals surface area (Å²) >= 11 is 6.65. The highest BCUT2D eigenvalue weighted by Crippen LogP contribution is 2.76. The number of hydrogen-bond acceptors (Lipinski definition) is 3. The number of halogens is 1. The molecule has 0 bridgehead atoms. The van der Waals surface area contributed by atoms with E-state index in [4.69, 9.17) is 11.2 Å². The van der Waals surface area contributed by atoms with E-state index in [2.05, 4.69) is 267 Å². The zero-order valence-corrected chi connectivity index (χ0v) is 54.0. The van der Waals surface area contributed by atoms with Crippen molar-refractivity contribution in [1.29, 1.82) is 0 Å². The number of unbranched alkanes of at least 4 members (excludes halogenated alkanes) is 2. The first-order valence-electron chi connectivity index (χ1n) is 31.0. The molecule has 4 atom stereocenters. The molecule has 3 nitrogen and oxygen atoms in total. The van der Waals surface area contributed by atoms with Crippen molar-refractivity contribution in [2.24, 2.45) is 0 Å². The molecule has 4 aliphatic rings. The van der Waals surface area contributed by atoms with Gasteiger partial charge in [-0.15, -0.1) is 0 Å². The van der Waals surface area contributed by atoms with Crippen molar-refractivity contribution in [3.63, 3.8) is 0 Å². The Kier molecular flexibility index (Phi) is 24.9. The van der Waals surface area contributed by atoms with Crippen LogP contribution in [0.5, 0.6) is 0 Å². The molecule has 12 rings (SSSR count). The molecule has 4 heterocycles. The van der Waals surface area contributed by atoms with Crippen molar-refractivity contribution in [1.82, 2.24) is 14.4 Å². The molecule has 1 N–H and O–H groups in total. The highest BCUT2D eigenvalue weighted by Gasteiger charge is 2.45. The molecule has 8 heteroatoms. The van der Waals surface area contributed by atoms with Gasteiger partial charge in [-0.05, 0) is 172 Å². The number of aryl methyl sites for hydroxylation is 4. The molecule has 0 radical (unpaired) electrons. The van der Waals surface area contributed by atoms with Crippen LogP contribution < -0.4 is 26.3 Å². The summed E-state index contributed by atoms with van der Waals surface area (Å²) in [5.41, 5.74) is 14.7. The molecule has 0 aromatic heterocycles. The lowest BCUT2D eigenvalue weighted by molar-refractivity contribution is 0.321. The van der Waals surface area contributed by atoms with E-state index in [9.17, 15) is 0 Å². The van der Waals surface area contributed by atoms with Gasteiger partial charge < -0.3 is 4.90 Å². The van der Waals surface area contributed by atoms with E-state index in [0.717, 1.165) is 32.2 Å². The predicted octanol–water partition coefficient (Wildman–Crippen LogP) is 19.7. The molecular formula is C74H90ClN3P4. The van der Waals surface area contributed by atoms with Crippen molar-refractivity contribution >= 4 is 64.0 Å². The third-order valence-corrected chi connectivity index (χ3v) is 29.6. The van der Waals surface area contributed by atoms with Crippen LogP contribution in [0.1, 0.15) is 153 Å². The number of nitrogens with zero attached hydrogens (tertiary/aromatic N) is 2. The lowest BCUT2D eigenvalue weighted by Gasteiger charge is -2.43. The van der Waals surface area contributed by atoms with Gasteiger partial charge >= 0.3 is 0 Å². The molecule has 8 aromatic carbocycles. The molecule has 0 amide bonds. The molecule has 0 aliphatic carbocycles. The number of nitrogens with one attached hydrogen (secondary N) is 1. The summed E-state index contributed by atoms with van der Waals surface area (Å²) in [5.74, 6) is 0. The Labute approximate surface area is 505 Å². The van der Waals surface area contributed by atoms with E-state index < -0.39 is 23.4 Å². The summed E-state index contributed by atoms with van der Waals surface area (Å²) in [6.45, 7) is 17.1. The third kappa shape index (κ3) is 15.9. The van der Waals surface area contributed by atoms with Gasteiger partial charge in [0.2, 0.25) is 0 Å². The number of rotatable bonds is 16. The SMILES string of the molecule is CCCCN(P1c2ccccc2CCc2ccccc21)P1[C@H](c2ccccc2)CC[C@H]1c1ccccc1.CCCCNP1[C@H](c2ccccc2)CC[C@H]1c1ccccc1.CCN(CC)CC.ClP1c2ccccc2CCc2ccccc21. The van der Waals surface area contributed by atoms with Gasteiger partial charge in [0, 0.05) is 37.3 Å². The minimum atomic E-state index is -0.678. The van der Waals surface area contributed by atoms with E-state index >= 15 is 0 Å². The van der Waals surface area contributed by atoms with Gasteiger partial charge in [0.15, 0.2) is 0 Å². The van der Waals surface area contributed by atoms with Crippen LogP contribution in [0.3, 0.4) is 0 Å². The molecule has 8 aromatic rings. The fourth-order valence-electron chi connectivity index (χ4n) is 12.6. The van der Waals surface area contributed by atoms with Crippen molar-refractivity contribution in [3.05, 3.63) is 263 Å². The summed E-state index contributed by atoms with van der Waals surface area (Å²) < 4.78 is 3.08. The molecule has 2 saturated heterocycles. The van der Waals surface area contributed by atoms with Gasteiger partial charge in [-0.3, -0.25) is 9.53 Å². The van der Waals surface area contributed by atoms with Crippen molar-refractivity contribution < 1.29 is 0 Å². The standard InChI is InChI=1S/C34H37NP2.C20H26NP.C14H12ClP.C6H15N/c1-2-3-26-35(36-31-20-12-10-18-29(31)22-23-30-19-11-13-21-32(30)36)37-33(27-14-6-4-7-15-27)24-25-34(37)28-16-8-5-9-17-28;1-2-3-16-21-22-19(17-10-6-4-7-11-17)14-15-20(22)18-12-8-5-9-13-18;15-16-13-7-3-1-5-11(13)9-10-12-6-2-4-8-14(12)16;1-4-7(5-2)6-3/h4-21,33-34H,2-3,22-26H2,1H3;4-13,19-21H,2-3,14-16H2,1H3;1-8H,9-10H2;4-6H2,1-3H3/t33-,34-;19-,20-;;/m00../s1. The maximum Gasteiger partial charge on any atom is 0.0529 e. The van der Waals surface area contributed by atoms with Gasteiger partial charge in [0.05, 0.1) is 7.27 Å². The Morgan fingerprint density at radius 1 is 0.390 bits per heavy atom. The Morgan fingerprint density at radius 3 is 1.06 bits per heavy atom. The summed E-state index contributed by atoms with van der Waals surface area (Å²) in [5, 5.41) is 9.83. The number of benzene rings is 8. The van der Waals surface area contributed by atoms with Gasteiger partial charge in [-0.2, -0.15) is 0 Å². The average molecular weight is 1180 g/mol. The molecule has 0 spiro atoms. The van der Waals surface area contributed by atoms with E-state index in [1.807, 2.05) is 0 Å². The maximum atomic E-state index is 6.65. The smallest absolute Gasteiger partial charge is 0.0529 e. The summed E-state index contributed by atoms with van der Waals surface area (Å²) in [6.07, 6.45) is 14.7. The lowest BCUT2D eigenvalue weighted by atomic mass is 10.0. The second-order valence-corrected chi connectivity index (χ2v) is 31.9. The lowest BCUT2D eigenvalue weighted by Crippen LogP contribution is -2.29. The maximum absolute atomic E-state index is 6.65. The summed E-state index contributed by atoms with van der Waals surface area (Å²) in [6, 6.07) is 81.1. The van der Waals surface area contributed by atoms with Crippen LogP contribution in [0.2, 0.25) is 0 Å². The van der Waals surface area contributed by atoms with E-state index in [1.54, 1.807) is 32.9 Å². The fraction of sp³-hybridized carbons (Fsp3) is 0.351. The Morgan fingerprint density at radius 2 is 0.707 bits per heavy atom. The predicted molar refractivity (Wildman–Crippen MR) is 366 cm³/mol. The second kappa shape index (κ2) is 32.8. The van der Waals surface area contributed by atoms with Crippen molar-refractivity contribution in [2.45, 2.75) is 134 Å². The Balaban J connectivity index is 0.000000152. The van der Waals surface area contributed by atoms with E-state index in [-0.39, 0.29) is 8.07 Å². The summed E-state index contributed by atoms with van der Waals surface area (Å²) in [7, 11) is -1.87. The molecule has 4 aliphatic heterocycles. The molecule has 0 unspecified atom stereocenters. The minimum Gasteiger partial charge on any atom is -0.304 e. The van der Waals surface area contributed by atoms with Gasteiger partial charge in [-0.1, -0.05) is 277 Å². The Bertz CT molecular complexity index is 2910. The molecular weight excluding hydrogens is 1090 g/mol. The summed E-state index contributed by atoms with van der Waals surface area (Å²) in [4.78, 5) is 2.38. The minimum absolute atomic E-state index is 0.186. The Hall–Kier alpha value is -4.35. The first-order chi connectivity index (χ1) is 40.5. The third-order valence-electron chi connectivity index (χ3n) is 17.0. The van der Waals surface area contributed by atoms with Crippen LogP contribution >= 0.6 is 42.7 Å². The molecule has 0 saturated carbocycles. The topological polar surface area (TPSA) is 18.5 Å². The first kappa shape index (κ1) is 62.2. The highest BCUT2D eigenvalue weighted by molar-refractivity contribution is 7.95. The van der Waals surface area contributed by atoms with Crippen LogP contribution in [0.4, 0.5) is 0 Å². The highest BCUT2D eigenvalue weighted by atomic mass is 35.7. The van der Waals surface area contributed by atoms with Crippen LogP contribution in [0.15, 0.2) is 218 Å². The molecule has 2 fully saturated rings. The average Bonchev–Trinajstić information content (AvgIpc) is 4.32. The van der Waals surface area contributed by atoms with E-state index in [1.165, 1.54) is 110 Å². The molecule has 82 heavy (non-hydrogen) atoms. The van der Waals surface area contributed by atoms with Crippen LogP contribution in [0.25, 0.3) is 0 Å². The van der Waals surface area contributed by atoms with E-state index in [0.29, 0.717) is 22.6 Å². The monoisotopic (exact) mass is 1180 g/mol. The normalized spacial score (nSPS) is 18.7. The van der Waals surface area contributed by atoms with Crippen LogP contribution in [-0.4, -0.2) is 42.1 Å². The van der Waals surface area contributed by atoms with Gasteiger partial charge in [0.25, 0.3) is 0 Å². The largest absolute Gasteiger partial charge is 0.304 e. The van der Waals surface area contributed by atoms with Crippen LogP contribution in [0, 0.1) is 0 Å². The van der Waals surface area contributed by atoms with Crippen LogP contribution in [-0.2, 0) is 25.7 Å². The quantitative estimate of drug-likeness (QED) is 0.0768. The fourth-order valence-corrected chi connectivity index (χ4v) is 26.1.